The van der Waals surface area contributed by atoms with E-state index in [0.717, 1.165) is 18.2 Å². The number of rotatable bonds is 5. The molecule has 2 N–H and O–H groups in total. The van der Waals surface area contributed by atoms with Crippen molar-refractivity contribution in [2.24, 2.45) is 0 Å². The van der Waals surface area contributed by atoms with Gasteiger partial charge in [-0.05, 0) is 37.1 Å². The number of aromatic amines is 1. The van der Waals surface area contributed by atoms with Crippen molar-refractivity contribution in [2.75, 3.05) is 5.32 Å². The number of benzene rings is 1. The molecule has 0 spiro atoms. The van der Waals surface area contributed by atoms with E-state index in [4.69, 9.17) is 4.74 Å². The van der Waals surface area contributed by atoms with Crippen LogP contribution in [0, 0.1) is 5.82 Å². The fraction of sp³-hybridized carbons (Fsp3) is 0.176. The van der Waals surface area contributed by atoms with Crippen molar-refractivity contribution in [3.63, 3.8) is 0 Å². The summed E-state index contributed by atoms with van der Waals surface area (Å²) < 4.78 is 20.3. The molecule has 1 aliphatic rings. The Balaban J connectivity index is 1.84. The third kappa shape index (κ3) is 2.52. The molecule has 116 valence electrons. The average Bonchev–Trinajstić information content (AvgIpc) is 3.26. The van der Waals surface area contributed by atoms with Crippen LogP contribution < -0.4 is 10.1 Å². The minimum absolute atomic E-state index is 0.183. The van der Waals surface area contributed by atoms with Crippen LogP contribution in [0.3, 0.4) is 0 Å². The molecule has 0 saturated heterocycles. The summed E-state index contributed by atoms with van der Waals surface area (Å²) in [5.41, 5.74) is 1.70. The third-order valence-corrected chi connectivity index (χ3v) is 3.81. The van der Waals surface area contributed by atoms with Crippen LogP contribution in [0.15, 0.2) is 36.5 Å². The van der Waals surface area contributed by atoms with Crippen LogP contribution in [0.25, 0.3) is 22.2 Å². The van der Waals surface area contributed by atoms with Gasteiger partial charge in [0, 0.05) is 17.1 Å². The number of hydrogen-bond acceptors (Lipinski definition) is 3. The van der Waals surface area contributed by atoms with Crippen molar-refractivity contribution in [3.05, 3.63) is 42.3 Å². The zero-order valence-corrected chi connectivity index (χ0v) is 12.2. The number of anilines is 1. The van der Waals surface area contributed by atoms with Crippen molar-refractivity contribution < 1.29 is 13.9 Å². The molecule has 1 aromatic carbocycles. The fourth-order valence-corrected chi connectivity index (χ4v) is 2.58. The zero-order valence-electron chi connectivity index (χ0n) is 12.2. The van der Waals surface area contributed by atoms with Gasteiger partial charge >= 0.3 is 0 Å². The van der Waals surface area contributed by atoms with Crippen molar-refractivity contribution in [1.29, 1.82) is 0 Å². The number of carbonyl (C=O) groups excluding carboxylic acids is 1. The van der Waals surface area contributed by atoms with E-state index < -0.39 is 0 Å². The van der Waals surface area contributed by atoms with Gasteiger partial charge in [0.1, 0.15) is 23.0 Å². The summed E-state index contributed by atoms with van der Waals surface area (Å²) in [7, 11) is 0. The number of ether oxygens (including phenoxy) is 1. The first-order valence-electron chi connectivity index (χ1n) is 7.40. The normalized spacial score (nSPS) is 14.0. The van der Waals surface area contributed by atoms with Crippen LogP contribution in [-0.2, 0) is 4.79 Å². The number of hydrogen-bond donors (Lipinski definition) is 2. The molecule has 5 nitrogen and oxygen atoms in total. The molecular formula is C17H14FN3O2. The zero-order chi connectivity index (χ0) is 15.8. The number of pyridine rings is 1. The summed E-state index contributed by atoms with van der Waals surface area (Å²) in [5.74, 6) is 0.645. The van der Waals surface area contributed by atoms with Gasteiger partial charge < -0.3 is 15.0 Å². The van der Waals surface area contributed by atoms with Crippen LogP contribution in [0.4, 0.5) is 10.2 Å². The highest BCUT2D eigenvalue weighted by molar-refractivity contribution is 5.96. The van der Waals surface area contributed by atoms with E-state index in [2.05, 4.69) is 15.3 Å². The van der Waals surface area contributed by atoms with E-state index in [1.165, 1.54) is 6.07 Å². The Morgan fingerprint density at radius 1 is 1.30 bits per heavy atom. The number of fused-ring (bicyclic) bond motifs is 1. The van der Waals surface area contributed by atoms with Gasteiger partial charge in [-0.1, -0.05) is 6.07 Å². The molecule has 6 heteroatoms. The van der Waals surface area contributed by atoms with Crippen LogP contribution in [0.5, 0.6) is 5.75 Å². The van der Waals surface area contributed by atoms with Gasteiger partial charge in [0.2, 0.25) is 6.41 Å². The molecule has 4 rings (SSSR count). The fourth-order valence-electron chi connectivity index (χ4n) is 2.58. The number of halogens is 1. The number of carbonyl (C=O) groups is 1. The summed E-state index contributed by atoms with van der Waals surface area (Å²) in [6.45, 7) is 0. The van der Waals surface area contributed by atoms with E-state index in [9.17, 15) is 9.18 Å². The summed E-state index contributed by atoms with van der Waals surface area (Å²) in [4.78, 5) is 17.8. The second kappa shape index (κ2) is 5.39. The molecule has 1 amide bonds. The van der Waals surface area contributed by atoms with Gasteiger partial charge in [-0.25, -0.2) is 9.37 Å². The smallest absolute Gasteiger partial charge is 0.212 e. The Morgan fingerprint density at radius 2 is 2.17 bits per heavy atom. The lowest BCUT2D eigenvalue weighted by atomic mass is 10.0. The molecule has 0 atom stereocenters. The molecule has 23 heavy (non-hydrogen) atoms. The molecule has 3 aromatic rings. The summed E-state index contributed by atoms with van der Waals surface area (Å²) >= 11 is 0. The van der Waals surface area contributed by atoms with E-state index in [1.807, 2.05) is 0 Å². The number of nitrogens with zero attached hydrogens (tertiary/aromatic N) is 1. The first kappa shape index (κ1) is 13.8. The predicted octanol–water partition coefficient (Wildman–Crippen LogP) is 3.48. The molecule has 2 heterocycles. The maximum Gasteiger partial charge on any atom is 0.212 e. The molecule has 1 aliphatic carbocycles. The summed E-state index contributed by atoms with van der Waals surface area (Å²) in [6.07, 6.45) is 4.47. The van der Waals surface area contributed by atoms with Crippen LogP contribution in [0.2, 0.25) is 0 Å². The molecule has 1 fully saturated rings. The minimum atomic E-state index is -0.334. The Bertz CT molecular complexity index is 887. The van der Waals surface area contributed by atoms with Crippen LogP contribution >= 0.6 is 0 Å². The molecule has 0 bridgehead atoms. The molecule has 1 saturated carbocycles. The highest BCUT2D eigenvalue weighted by atomic mass is 19.1. The Morgan fingerprint density at radius 3 is 2.96 bits per heavy atom. The Labute approximate surface area is 131 Å². The standard InChI is InChI=1S/C17H14FN3O2/c18-13-2-1-3-14(23-10-4-5-10)16(13)12-8-19-17-11(12)6-7-15(21-17)20-9-22/h1-3,6-10H,4-5H2,(H2,19,20,21,22). The highest BCUT2D eigenvalue weighted by Gasteiger charge is 2.26. The van der Waals surface area contributed by atoms with Crippen molar-refractivity contribution in [1.82, 2.24) is 9.97 Å². The average molecular weight is 311 g/mol. The Kier molecular flexibility index (Phi) is 3.22. The van der Waals surface area contributed by atoms with E-state index >= 15 is 0 Å². The first-order chi connectivity index (χ1) is 11.3. The SMILES string of the molecule is O=CNc1ccc2c(-c3c(F)cccc3OC3CC3)c[nH]c2n1. The minimum Gasteiger partial charge on any atom is -0.490 e. The lowest BCUT2D eigenvalue weighted by molar-refractivity contribution is -0.105. The van der Waals surface area contributed by atoms with E-state index in [1.54, 1.807) is 30.5 Å². The van der Waals surface area contributed by atoms with Crippen molar-refractivity contribution in [2.45, 2.75) is 18.9 Å². The topological polar surface area (TPSA) is 67.0 Å². The van der Waals surface area contributed by atoms with E-state index in [0.29, 0.717) is 34.8 Å². The summed E-state index contributed by atoms with van der Waals surface area (Å²) in [6, 6.07) is 8.33. The first-order valence-corrected chi connectivity index (χ1v) is 7.40. The van der Waals surface area contributed by atoms with Gasteiger partial charge in [0.15, 0.2) is 0 Å². The Hall–Kier alpha value is -2.89. The van der Waals surface area contributed by atoms with Gasteiger partial charge in [0.25, 0.3) is 0 Å². The molecule has 0 radical (unpaired) electrons. The largest absolute Gasteiger partial charge is 0.490 e. The van der Waals surface area contributed by atoms with Crippen LogP contribution in [0.1, 0.15) is 12.8 Å². The predicted molar refractivity (Wildman–Crippen MR) is 84.8 cm³/mol. The molecule has 2 aromatic heterocycles. The quantitative estimate of drug-likeness (QED) is 0.709. The maximum atomic E-state index is 14.4. The molecule has 0 unspecified atom stereocenters. The van der Waals surface area contributed by atoms with Crippen LogP contribution in [-0.4, -0.2) is 22.5 Å². The highest BCUT2D eigenvalue weighted by Crippen LogP contribution is 2.39. The van der Waals surface area contributed by atoms with Gasteiger partial charge in [-0.3, -0.25) is 4.79 Å². The molecular weight excluding hydrogens is 297 g/mol. The second-order valence-corrected chi connectivity index (χ2v) is 5.49. The number of H-pyrrole nitrogens is 1. The number of aromatic nitrogens is 2. The summed E-state index contributed by atoms with van der Waals surface area (Å²) in [5, 5.41) is 3.27. The number of amides is 1. The van der Waals surface area contributed by atoms with Gasteiger partial charge in [0.05, 0.1) is 11.7 Å². The third-order valence-electron chi connectivity index (χ3n) is 3.81. The monoisotopic (exact) mass is 311 g/mol. The molecule has 0 aliphatic heterocycles. The van der Waals surface area contributed by atoms with Crippen molar-refractivity contribution >= 4 is 23.3 Å². The lowest BCUT2D eigenvalue weighted by Crippen LogP contribution is -1.99. The second-order valence-electron chi connectivity index (χ2n) is 5.49. The van der Waals surface area contributed by atoms with Gasteiger partial charge in [-0.2, -0.15) is 0 Å². The maximum absolute atomic E-state index is 14.4. The van der Waals surface area contributed by atoms with Crippen molar-refractivity contribution in [3.8, 4) is 16.9 Å². The number of nitrogens with one attached hydrogen (secondary N) is 2. The van der Waals surface area contributed by atoms with E-state index in [-0.39, 0.29) is 11.9 Å². The van der Waals surface area contributed by atoms with Gasteiger partial charge in [-0.15, -0.1) is 0 Å². The lowest BCUT2D eigenvalue weighted by Gasteiger charge is -2.11.